The van der Waals surface area contributed by atoms with Gasteiger partial charge in [-0.1, -0.05) is 0 Å². The van der Waals surface area contributed by atoms with Crippen molar-refractivity contribution < 1.29 is 120 Å². The fraction of sp³-hybridized carbons (Fsp3) is 0.529. The Bertz CT molecular complexity index is 1280. The molecule has 44 heavy (non-hydrogen) atoms. The minimum Gasteiger partial charge on any atom is -0.403 e. The number of aliphatic hydroxyl groups is 1. The van der Waals surface area contributed by atoms with E-state index in [1.165, 1.54) is 0 Å². The molecule has 0 aromatic heterocycles. The van der Waals surface area contributed by atoms with E-state index in [0.29, 0.717) is 0 Å². The highest BCUT2D eigenvalue weighted by Crippen LogP contribution is 2.63. The Morgan fingerprint density at radius 3 is 1.09 bits per heavy atom. The number of rotatable bonds is 10. The first-order valence-electron chi connectivity index (χ1n) is 9.36. The number of hydrogen-bond acceptors (Lipinski definition) is 2. The van der Waals surface area contributed by atoms with Crippen LogP contribution in [0.5, 0.6) is 0 Å². The molecule has 1 N–H and O–H groups in total. The largest absolute Gasteiger partial charge is 0.460 e. The van der Waals surface area contributed by atoms with Gasteiger partial charge in [-0.2, -0.15) is 87.8 Å². The van der Waals surface area contributed by atoms with E-state index < -0.39 is 100 Å². The summed E-state index contributed by atoms with van der Waals surface area (Å²) in [6.07, 6.45) is -8.05. The van der Waals surface area contributed by atoms with Gasteiger partial charge in [0.15, 0.2) is 23.3 Å². The van der Waals surface area contributed by atoms with Crippen molar-refractivity contribution in [3.63, 3.8) is 0 Å². The summed E-state index contributed by atoms with van der Waals surface area (Å²) < 4.78 is 333. The average molecular weight is 712 g/mol. The Kier molecular flexibility index (Phi) is 9.32. The SMILES string of the molecule is OC(F)(OC(F)=C(F)C(F)(F)C(F)(F)C(F)(F)C(F)(F)C(F)(F)C(F)(F)C(F)(F)F)C(F)(F)c1c(F)c(F)c(F)c(F)c1F. The van der Waals surface area contributed by atoms with E-state index in [1.807, 2.05) is 4.74 Å². The van der Waals surface area contributed by atoms with E-state index in [-0.39, 0.29) is 0 Å². The molecular weight excluding hydrogens is 711 g/mol. The van der Waals surface area contributed by atoms with Gasteiger partial charge in [-0.3, -0.25) is 0 Å². The average Bonchev–Trinajstić information content (AvgIpc) is 2.83. The number of alkyl halides is 18. The Morgan fingerprint density at radius 2 is 0.750 bits per heavy atom. The number of ether oxygens (including phenoxy) is 1. The lowest BCUT2D eigenvalue weighted by Gasteiger charge is -2.41. The highest BCUT2D eigenvalue weighted by Gasteiger charge is 2.94. The molecule has 27 heteroatoms. The van der Waals surface area contributed by atoms with Gasteiger partial charge in [-0.05, 0) is 0 Å². The number of allylic oxidation sites excluding steroid dienone is 1. The van der Waals surface area contributed by atoms with Crippen molar-refractivity contribution >= 4 is 0 Å². The summed E-state index contributed by atoms with van der Waals surface area (Å²) in [6.45, 7) is 0. The van der Waals surface area contributed by atoms with Gasteiger partial charge in [0.1, 0.15) is 5.56 Å². The maximum absolute atomic E-state index is 14.0. The zero-order valence-corrected chi connectivity index (χ0v) is 18.8. The zero-order valence-electron chi connectivity index (χ0n) is 18.8. The Labute approximate surface area is 221 Å². The summed E-state index contributed by atoms with van der Waals surface area (Å²) in [7, 11) is 0. The third-order valence-electron chi connectivity index (χ3n) is 4.91. The van der Waals surface area contributed by atoms with Gasteiger partial charge in [-0.15, -0.1) is 0 Å². The van der Waals surface area contributed by atoms with Crippen LogP contribution in [-0.2, 0) is 10.7 Å². The van der Waals surface area contributed by atoms with E-state index in [2.05, 4.69) is 0 Å². The first-order chi connectivity index (χ1) is 19.0. The van der Waals surface area contributed by atoms with Crippen molar-refractivity contribution in [2.75, 3.05) is 0 Å². The maximum Gasteiger partial charge on any atom is 0.460 e. The maximum atomic E-state index is 14.0. The summed E-state index contributed by atoms with van der Waals surface area (Å²) in [5.74, 6) is -83.4. The quantitative estimate of drug-likeness (QED) is 0.0867. The van der Waals surface area contributed by atoms with Crippen LogP contribution in [0.4, 0.5) is 110 Å². The fourth-order valence-electron chi connectivity index (χ4n) is 2.49. The van der Waals surface area contributed by atoms with Crippen molar-refractivity contribution in [1.82, 2.24) is 0 Å². The molecule has 0 aliphatic heterocycles. The first kappa shape index (κ1) is 39.0. The normalized spacial score (nSPS) is 17.0. The topological polar surface area (TPSA) is 29.5 Å². The van der Waals surface area contributed by atoms with Gasteiger partial charge in [-0.25, -0.2) is 22.0 Å². The van der Waals surface area contributed by atoms with Crippen LogP contribution < -0.4 is 0 Å². The second-order valence-electron chi connectivity index (χ2n) is 7.71. The number of halogens is 25. The van der Waals surface area contributed by atoms with Crippen LogP contribution in [0.2, 0.25) is 0 Å². The van der Waals surface area contributed by atoms with Crippen LogP contribution in [0.25, 0.3) is 0 Å². The second-order valence-corrected chi connectivity index (χ2v) is 7.71. The van der Waals surface area contributed by atoms with Gasteiger partial charge in [0.2, 0.25) is 11.6 Å². The fourth-order valence-corrected chi connectivity index (χ4v) is 2.49. The third-order valence-corrected chi connectivity index (χ3v) is 4.91. The molecule has 0 saturated carbocycles. The van der Waals surface area contributed by atoms with Gasteiger partial charge in [0.05, 0.1) is 0 Å². The molecule has 1 aromatic carbocycles. The molecule has 0 aliphatic carbocycles. The summed E-state index contributed by atoms with van der Waals surface area (Å²) in [5.41, 5.74) is -3.94. The Hall–Kier alpha value is -3.03. The minimum atomic E-state index is -9.09. The zero-order chi connectivity index (χ0) is 35.8. The standard InChI is InChI=1S/C17HF25O2/c18-2-1(3(19)5(21)6(22)4(2)20)9(25,26)17(42,43)44-8(24)7(23)10(27,28)11(29,30)12(31,32)13(33,34)14(35,36)15(37,38)16(39,40)41/h43H. The van der Waals surface area contributed by atoms with Crippen molar-refractivity contribution in [2.24, 2.45) is 0 Å². The molecule has 0 amide bonds. The molecule has 0 fully saturated rings. The molecule has 1 unspecified atom stereocenters. The Balaban J connectivity index is 3.78. The van der Waals surface area contributed by atoms with Gasteiger partial charge in [0, 0.05) is 0 Å². The molecule has 0 spiro atoms. The Morgan fingerprint density at radius 1 is 0.455 bits per heavy atom. The van der Waals surface area contributed by atoms with Gasteiger partial charge >= 0.3 is 59.7 Å². The third kappa shape index (κ3) is 5.10. The van der Waals surface area contributed by atoms with Crippen molar-refractivity contribution in [2.45, 2.75) is 53.7 Å². The molecule has 1 atom stereocenters. The molecule has 256 valence electrons. The molecule has 0 saturated heterocycles. The summed E-state index contributed by atoms with van der Waals surface area (Å²) >= 11 is 0. The highest BCUT2D eigenvalue weighted by atomic mass is 19.4. The second kappa shape index (κ2) is 10.5. The minimum absolute atomic E-state index is 1.93. The summed E-state index contributed by atoms with van der Waals surface area (Å²) in [6, 6.07) is -12.1. The predicted molar refractivity (Wildman–Crippen MR) is 82.2 cm³/mol. The van der Waals surface area contributed by atoms with Crippen LogP contribution in [-0.4, -0.2) is 52.9 Å². The number of benzene rings is 1. The molecular formula is C17HF25O2. The van der Waals surface area contributed by atoms with Crippen molar-refractivity contribution in [1.29, 1.82) is 0 Å². The van der Waals surface area contributed by atoms with E-state index in [1.54, 1.807) is 0 Å². The summed E-state index contributed by atoms with van der Waals surface area (Å²) in [5, 5.41) is 8.70. The molecule has 0 heterocycles. The molecule has 1 aromatic rings. The van der Waals surface area contributed by atoms with Crippen molar-refractivity contribution in [3.05, 3.63) is 46.5 Å². The van der Waals surface area contributed by atoms with Gasteiger partial charge < -0.3 is 9.84 Å². The van der Waals surface area contributed by atoms with Crippen molar-refractivity contribution in [3.8, 4) is 0 Å². The predicted octanol–water partition coefficient (Wildman–Crippen LogP) is 8.59. The highest BCUT2D eigenvalue weighted by molar-refractivity contribution is 5.29. The lowest BCUT2D eigenvalue weighted by molar-refractivity contribution is -0.451. The van der Waals surface area contributed by atoms with Gasteiger partial charge in [0.25, 0.3) is 0 Å². The van der Waals surface area contributed by atoms with E-state index in [0.717, 1.165) is 0 Å². The van der Waals surface area contributed by atoms with Crippen LogP contribution in [0, 0.1) is 29.1 Å². The molecule has 0 radical (unpaired) electrons. The monoisotopic (exact) mass is 712 g/mol. The van der Waals surface area contributed by atoms with E-state index in [4.69, 9.17) is 5.11 Å². The molecule has 0 bridgehead atoms. The van der Waals surface area contributed by atoms with Crippen LogP contribution in [0.15, 0.2) is 11.8 Å². The lowest BCUT2D eigenvalue weighted by Crippen LogP contribution is -2.72. The van der Waals surface area contributed by atoms with E-state index in [9.17, 15) is 110 Å². The number of hydrogen-bond donors (Lipinski definition) is 1. The van der Waals surface area contributed by atoms with Crippen LogP contribution in [0.1, 0.15) is 5.56 Å². The smallest absolute Gasteiger partial charge is 0.403 e. The summed E-state index contributed by atoms with van der Waals surface area (Å²) in [4.78, 5) is 0. The lowest BCUT2D eigenvalue weighted by atomic mass is 9.90. The molecule has 0 aliphatic rings. The van der Waals surface area contributed by atoms with Crippen LogP contribution in [0.3, 0.4) is 0 Å². The molecule has 1 rings (SSSR count). The first-order valence-corrected chi connectivity index (χ1v) is 9.36. The van der Waals surface area contributed by atoms with Crippen LogP contribution >= 0.6 is 0 Å². The molecule has 2 nitrogen and oxygen atoms in total. The van der Waals surface area contributed by atoms with E-state index >= 15 is 0 Å².